The Morgan fingerprint density at radius 2 is 1.84 bits per heavy atom. The van der Waals surface area contributed by atoms with Gasteiger partial charge in [-0.3, -0.25) is 19.7 Å². The molecule has 0 saturated carbocycles. The third-order valence-electron chi connectivity index (χ3n) is 3.03. The Kier molecular flexibility index (Phi) is 6.19. The SMILES string of the molecule is O=C(CNC(=O)c1ccccc1Cl)N/N=C\c1ccc([N+](=O)[O-])cc1. The van der Waals surface area contributed by atoms with Crippen LogP contribution in [0.2, 0.25) is 5.02 Å². The van der Waals surface area contributed by atoms with Gasteiger partial charge in [-0.15, -0.1) is 0 Å². The lowest BCUT2D eigenvalue weighted by molar-refractivity contribution is -0.384. The molecule has 0 aliphatic heterocycles. The predicted octanol–water partition coefficient (Wildman–Crippen LogP) is 2.13. The molecule has 0 saturated heterocycles. The van der Waals surface area contributed by atoms with Crippen LogP contribution in [-0.2, 0) is 4.79 Å². The van der Waals surface area contributed by atoms with Crippen molar-refractivity contribution in [2.24, 2.45) is 5.10 Å². The number of nitro groups is 1. The normalized spacial score (nSPS) is 10.4. The summed E-state index contributed by atoms with van der Waals surface area (Å²) in [6.45, 7) is -0.276. The molecule has 9 heteroatoms. The number of rotatable bonds is 6. The average molecular weight is 361 g/mol. The molecule has 8 nitrogen and oxygen atoms in total. The van der Waals surface area contributed by atoms with Crippen molar-refractivity contribution in [2.75, 3.05) is 6.54 Å². The van der Waals surface area contributed by atoms with E-state index in [1.807, 2.05) is 0 Å². The molecule has 0 heterocycles. The van der Waals surface area contributed by atoms with Crippen LogP contribution in [0.25, 0.3) is 0 Å². The van der Waals surface area contributed by atoms with Crippen molar-refractivity contribution in [1.29, 1.82) is 0 Å². The lowest BCUT2D eigenvalue weighted by atomic mass is 10.2. The summed E-state index contributed by atoms with van der Waals surface area (Å²) in [5.74, 6) is -1.00. The highest BCUT2D eigenvalue weighted by Crippen LogP contribution is 2.14. The fraction of sp³-hybridized carbons (Fsp3) is 0.0625. The molecule has 0 aromatic heterocycles. The summed E-state index contributed by atoms with van der Waals surface area (Å²) in [5.41, 5.74) is 3.05. The second-order valence-corrected chi connectivity index (χ2v) is 5.21. The third kappa shape index (κ3) is 5.40. The summed E-state index contributed by atoms with van der Waals surface area (Å²) in [6, 6.07) is 12.1. The van der Waals surface area contributed by atoms with Gasteiger partial charge in [-0.2, -0.15) is 5.10 Å². The summed E-state index contributed by atoms with van der Waals surface area (Å²) < 4.78 is 0. The highest BCUT2D eigenvalue weighted by Gasteiger charge is 2.10. The lowest BCUT2D eigenvalue weighted by Crippen LogP contribution is -2.35. The van der Waals surface area contributed by atoms with Gasteiger partial charge in [0.2, 0.25) is 0 Å². The lowest BCUT2D eigenvalue weighted by Gasteiger charge is -2.05. The van der Waals surface area contributed by atoms with Crippen molar-refractivity contribution < 1.29 is 14.5 Å². The predicted molar refractivity (Wildman–Crippen MR) is 92.6 cm³/mol. The molecule has 2 rings (SSSR count). The number of amides is 2. The minimum atomic E-state index is -0.529. The molecule has 2 N–H and O–H groups in total. The minimum Gasteiger partial charge on any atom is -0.343 e. The average Bonchev–Trinajstić information content (AvgIpc) is 2.60. The van der Waals surface area contributed by atoms with Crippen molar-refractivity contribution in [3.05, 3.63) is 74.8 Å². The van der Waals surface area contributed by atoms with Gasteiger partial charge in [0.05, 0.1) is 28.3 Å². The van der Waals surface area contributed by atoms with Crippen LogP contribution in [0.5, 0.6) is 0 Å². The van der Waals surface area contributed by atoms with E-state index in [9.17, 15) is 19.7 Å². The van der Waals surface area contributed by atoms with Gasteiger partial charge in [0, 0.05) is 12.1 Å². The molecule has 0 bridgehead atoms. The number of carbonyl (C=O) groups excluding carboxylic acids is 2. The molecule has 0 aliphatic rings. The number of nitrogens with one attached hydrogen (secondary N) is 2. The molecule has 2 amide bonds. The fourth-order valence-electron chi connectivity index (χ4n) is 1.80. The molecular formula is C16H13ClN4O4. The molecule has 0 radical (unpaired) electrons. The summed E-state index contributed by atoms with van der Waals surface area (Å²) in [5, 5.41) is 17.0. The largest absolute Gasteiger partial charge is 0.343 e. The van der Waals surface area contributed by atoms with E-state index in [0.29, 0.717) is 5.56 Å². The van der Waals surface area contributed by atoms with Gasteiger partial charge in [0.25, 0.3) is 17.5 Å². The maximum atomic E-state index is 11.9. The van der Waals surface area contributed by atoms with Crippen LogP contribution in [0.4, 0.5) is 5.69 Å². The van der Waals surface area contributed by atoms with Gasteiger partial charge in [-0.05, 0) is 29.8 Å². The van der Waals surface area contributed by atoms with E-state index in [1.165, 1.54) is 30.5 Å². The Bertz CT molecular complexity index is 821. The fourth-order valence-corrected chi connectivity index (χ4v) is 2.02. The van der Waals surface area contributed by atoms with E-state index in [2.05, 4.69) is 15.8 Å². The number of hydrogen-bond donors (Lipinski definition) is 2. The quantitative estimate of drug-likeness (QED) is 0.466. The number of hydrazone groups is 1. The van der Waals surface area contributed by atoms with Crippen molar-refractivity contribution in [3.8, 4) is 0 Å². The standard InChI is InChI=1S/C16H13ClN4O4/c17-14-4-2-1-3-13(14)16(23)18-10-15(22)20-19-9-11-5-7-12(8-6-11)21(24)25/h1-9H,10H2,(H,18,23)(H,20,22)/b19-9-. The second-order valence-electron chi connectivity index (χ2n) is 4.80. The third-order valence-corrected chi connectivity index (χ3v) is 3.36. The molecule has 128 valence electrons. The Morgan fingerprint density at radius 1 is 1.16 bits per heavy atom. The number of hydrogen-bond acceptors (Lipinski definition) is 5. The van der Waals surface area contributed by atoms with Gasteiger partial charge in [0.1, 0.15) is 0 Å². The van der Waals surface area contributed by atoms with Crippen molar-refractivity contribution in [1.82, 2.24) is 10.7 Å². The van der Waals surface area contributed by atoms with E-state index in [4.69, 9.17) is 11.6 Å². The molecule has 0 atom stereocenters. The van der Waals surface area contributed by atoms with Crippen LogP contribution < -0.4 is 10.7 Å². The number of carbonyl (C=O) groups is 2. The number of nitro benzene ring substituents is 1. The van der Waals surface area contributed by atoms with Gasteiger partial charge in [-0.1, -0.05) is 23.7 Å². The Hall–Kier alpha value is -3.26. The highest BCUT2D eigenvalue weighted by atomic mass is 35.5. The summed E-state index contributed by atoms with van der Waals surface area (Å²) >= 11 is 5.89. The molecule has 0 unspecified atom stereocenters. The van der Waals surface area contributed by atoms with Crippen molar-refractivity contribution in [3.63, 3.8) is 0 Å². The zero-order chi connectivity index (χ0) is 18.2. The van der Waals surface area contributed by atoms with Crippen LogP contribution in [0.1, 0.15) is 15.9 Å². The number of non-ortho nitro benzene ring substituents is 1. The summed E-state index contributed by atoms with van der Waals surface area (Å²) in [4.78, 5) is 33.5. The smallest absolute Gasteiger partial charge is 0.269 e. The molecule has 0 fully saturated rings. The number of benzene rings is 2. The van der Waals surface area contributed by atoms with Gasteiger partial charge in [0.15, 0.2) is 0 Å². The van der Waals surface area contributed by atoms with E-state index in [0.717, 1.165) is 0 Å². The zero-order valence-corrected chi connectivity index (χ0v) is 13.6. The minimum absolute atomic E-state index is 0.0385. The van der Waals surface area contributed by atoms with Gasteiger partial charge in [-0.25, -0.2) is 5.43 Å². The first-order valence-electron chi connectivity index (χ1n) is 7.06. The van der Waals surface area contributed by atoms with E-state index < -0.39 is 16.7 Å². The molecule has 25 heavy (non-hydrogen) atoms. The first-order valence-corrected chi connectivity index (χ1v) is 7.44. The van der Waals surface area contributed by atoms with E-state index >= 15 is 0 Å². The Labute approximate surface area is 147 Å². The number of nitrogens with zero attached hydrogens (tertiary/aromatic N) is 2. The Morgan fingerprint density at radius 3 is 2.48 bits per heavy atom. The van der Waals surface area contributed by atoms with E-state index in [1.54, 1.807) is 24.3 Å². The zero-order valence-electron chi connectivity index (χ0n) is 12.8. The molecule has 2 aromatic carbocycles. The highest BCUT2D eigenvalue weighted by molar-refractivity contribution is 6.33. The van der Waals surface area contributed by atoms with Crippen LogP contribution in [0.15, 0.2) is 53.6 Å². The molecule has 0 spiro atoms. The molecule has 2 aromatic rings. The van der Waals surface area contributed by atoms with Crippen LogP contribution in [-0.4, -0.2) is 29.5 Å². The molecule has 0 aliphatic carbocycles. The van der Waals surface area contributed by atoms with Crippen molar-refractivity contribution in [2.45, 2.75) is 0 Å². The maximum Gasteiger partial charge on any atom is 0.269 e. The maximum absolute atomic E-state index is 11.9. The number of halogens is 1. The summed E-state index contributed by atoms with van der Waals surface area (Å²) in [6.07, 6.45) is 1.33. The van der Waals surface area contributed by atoms with E-state index in [-0.39, 0.29) is 22.8 Å². The first kappa shape index (κ1) is 18.1. The second kappa shape index (κ2) is 8.55. The van der Waals surface area contributed by atoms with Gasteiger partial charge < -0.3 is 5.32 Å². The topological polar surface area (TPSA) is 114 Å². The Balaban J connectivity index is 1.81. The van der Waals surface area contributed by atoms with Crippen molar-refractivity contribution >= 4 is 35.3 Å². The molecular weight excluding hydrogens is 348 g/mol. The van der Waals surface area contributed by atoms with Crippen LogP contribution >= 0.6 is 11.6 Å². The van der Waals surface area contributed by atoms with Gasteiger partial charge >= 0.3 is 0 Å². The van der Waals surface area contributed by atoms with Crippen LogP contribution in [0, 0.1) is 10.1 Å². The van der Waals surface area contributed by atoms with Crippen LogP contribution in [0.3, 0.4) is 0 Å². The monoisotopic (exact) mass is 360 g/mol. The summed E-state index contributed by atoms with van der Waals surface area (Å²) in [7, 11) is 0. The first-order chi connectivity index (χ1) is 12.0.